The number of alkyl halides is 3. The number of pyridine rings is 1. The van der Waals surface area contributed by atoms with E-state index in [0.717, 1.165) is 25.2 Å². The first-order valence-corrected chi connectivity index (χ1v) is 8.26. The fourth-order valence-corrected chi connectivity index (χ4v) is 3.89. The number of carbonyl (C=O) groups is 1. The van der Waals surface area contributed by atoms with Crippen molar-refractivity contribution >= 4 is 11.4 Å². The van der Waals surface area contributed by atoms with E-state index in [2.05, 4.69) is 15.6 Å². The number of piperidine rings is 1. The standard InChI is InChI=1S/C17H19F3N4O/c1-16(2,23-14(25)13-11-7-21-8-12(11)13)15-22-6-10-5-9(17(18,19)20)3-4-24(10)15/h3-6,11-13,21H,7-8H2,1-2H3,(H,23,25)/t11-,12+,13?. The molecule has 0 aromatic carbocycles. The molecule has 3 atom stereocenters. The number of hydrogen-bond donors (Lipinski definition) is 2. The maximum atomic E-state index is 12.8. The van der Waals surface area contributed by atoms with Crippen LogP contribution >= 0.6 is 0 Å². The minimum atomic E-state index is -4.40. The Labute approximate surface area is 142 Å². The first-order valence-electron chi connectivity index (χ1n) is 8.26. The van der Waals surface area contributed by atoms with Gasteiger partial charge < -0.3 is 15.0 Å². The second kappa shape index (κ2) is 5.20. The molecule has 1 unspecified atom stereocenters. The van der Waals surface area contributed by atoms with Crippen LogP contribution in [0, 0.1) is 17.8 Å². The number of fused-ring (bicyclic) bond motifs is 2. The molecule has 3 heterocycles. The first kappa shape index (κ1) is 16.4. The third-order valence-corrected chi connectivity index (χ3v) is 5.25. The zero-order chi connectivity index (χ0) is 18.0. The summed E-state index contributed by atoms with van der Waals surface area (Å²) >= 11 is 0. The van der Waals surface area contributed by atoms with Gasteiger partial charge in [-0.2, -0.15) is 13.2 Å². The monoisotopic (exact) mass is 352 g/mol. The Bertz CT molecular complexity index is 832. The third-order valence-electron chi connectivity index (χ3n) is 5.25. The molecule has 25 heavy (non-hydrogen) atoms. The fraction of sp³-hybridized carbons (Fsp3) is 0.529. The van der Waals surface area contributed by atoms with Gasteiger partial charge in [0.15, 0.2) is 0 Å². The van der Waals surface area contributed by atoms with Crippen LogP contribution < -0.4 is 10.6 Å². The van der Waals surface area contributed by atoms with Gasteiger partial charge >= 0.3 is 6.18 Å². The molecular formula is C17H19F3N4O. The normalized spacial score (nSPS) is 25.9. The Morgan fingerprint density at radius 3 is 2.64 bits per heavy atom. The highest BCUT2D eigenvalue weighted by molar-refractivity contribution is 5.83. The third kappa shape index (κ3) is 2.68. The van der Waals surface area contributed by atoms with Crippen molar-refractivity contribution in [1.29, 1.82) is 0 Å². The topological polar surface area (TPSA) is 58.4 Å². The first-order chi connectivity index (χ1) is 11.7. The van der Waals surface area contributed by atoms with E-state index in [0.29, 0.717) is 23.2 Å². The van der Waals surface area contributed by atoms with E-state index in [-0.39, 0.29) is 11.8 Å². The number of hydrogen-bond acceptors (Lipinski definition) is 3. The van der Waals surface area contributed by atoms with Crippen LogP contribution in [0.2, 0.25) is 0 Å². The number of imidazole rings is 1. The predicted molar refractivity (Wildman–Crippen MR) is 84.7 cm³/mol. The van der Waals surface area contributed by atoms with E-state index in [1.165, 1.54) is 12.4 Å². The van der Waals surface area contributed by atoms with Crippen molar-refractivity contribution in [2.45, 2.75) is 25.6 Å². The van der Waals surface area contributed by atoms with Crippen LogP contribution in [-0.4, -0.2) is 28.4 Å². The average molecular weight is 352 g/mol. The largest absolute Gasteiger partial charge is 0.416 e. The molecule has 2 aromatic rings. The Morgan fingerprint density at radius 2 is 2.00 bits per heavy atom. The van der Waals surface area contributed by atoms with Crippen molar-refractivity contribution in [3.63, 3.8) is 0 Å². The highest BCUT2D eigenvalue weighted by Gasteiger charge is 2.57. The van der Waals surface area contributed by atoms with E-state index in [4.69, 9.17) is 0 Å². The van der Waals surface area contributed by atoms with Gasteiger partial charge in [-0.05, 0) is 50.9 Å². The van der Waals surface area contributed by atoms with Gasteiger partial charge in [0, 0.05) is 12.1 Å². The van der Waals surface area contributed by atoms with Crippen LogP contribution in [0.1, 0.15) is 25.2 Å². The number of rotatable bonds is 3. The number of aromatic nitrogens is 2. The number of halogens is 3. The number of amides is 1. The van der Waals surface area contributed by atoms with E-state index in [1.807, 2.05) is 13.8 Å². The van der Waals surface area contributed by atoms with Crippen LogP contribution in [0.3, 0.4) is 0 Å². The summed E-state index contributed by atoms with van der Waals surface area (Å²) < 4.78 is 40.1. The highest BCUT2D eigenvalue weighted by atomic mass is 19.4. The summed E-state index contributed by atoms with van der Waals surface area (Å²) in [6.45, 7) is 5.37. The molecule has 1 aliphatic heterocycles. The zero-order valence-corrected chi connectivity index (χ0v) is 13.9. The van der Waals surface area contributed by atoms with Crippen molar-refractivity contribution in [2.24, 2.45) is 17.8 Å². The van der Waals surface area contributed by atoms with Gasteiger partial charge in [0.25, 0.3) is 0 Å². The zero-order valence-electron chi connectivity index (χ0n) is 13.9. The molecule has 2 aromatic heterocycles. The highest BCUT2D eigenvalue weighted by Crippen LogP contribution is 2.49. The smallest absolute Gasteiger partial charge is 0.344 e. The second-order valence-electron chi connectivity index (χ2n) is 7.42. The maximum absolute atomic E-state index is 12.8. The molecule has 0 bridgehead atoms. The van der Waals surface area contributed by atoms with Crippen molar-refractivity contribution in [1.82, 2.24) is 20.0 Å². The minimum absolute atomic E-state index is 0.00911. The maximum Gasteiger partial charge on any atom is 0.416 e. The van der Waals surface area contributed by atoms with Crippen LogP contribution in [-0.2, 0) is 16.5 Å². The van der Waals surface area contributed by atoms with Gasteiger partial charge in [0.1, 0.15) is 5.82 Å². The Balaban J connectivity index is 1.58. The molecule has 1 amide bonds. The summed E-state index contributed by atoms with van der Waals surface area (Å²) in [6.07, 6.45) is -1.65. The average Bonchev–Trinajstić information content (AvgIpc) is 2.88. The molecule has 0 radical (unpaired) electrons. The van der Waals surface area contributed by atoms with Gasteiger partial charge in [-0.25, -0.2) is 4.98 Å². The Kier molecular flexibility index (Phi) is 3.41. The van der Waals surface area contributed by atoms with Crippen molar-refractivity contribution < 1.29 is 18.0 Å². The van der Waals surface area contributed by atoms with E-state index >= 15 is 0 Å². The number of carbonyl (C=O) groups excluding carboxylic acids is 1. The molecule has 4 rings (SSSR count). The molecule has 134 valence electrons. The van der Waals surface area contributed by atoms with Gasteiger partial charge in [-0.3, -0.25) is 4.79 Å². The van der Waals surface area contributed by atoms with Gasteiger partial charge in [-0.15, -0.1) is 0 Å². The SMILES string of the molecule is CC(C)(NC(=O)C1[C@H]2CNC[C@@H]12)c1ncc2cc(C(F)(F)F)ccn12. The van der Waals surface area contributed by atoms with Gasteiger partial charge in [0.05, 0.1) is 22.8 Å². The van der Waals surface area contributed by atoms with Gasteiger partial charge in [0.2, 0.25) is 5.91 Å². The molecule has 2 aliphatic rings. The molecule has 1 aliphatic carbocycles. The summed E-state index contributed by atoms with van der Waals surface area (Å²) in [4.78, 5) is 16.8. The number of nitrogens with one attached hydrogen (secondary N) is 2. The summed E-state index contributed by atoms with van der Waals surface area (Å²) in [6, 6.07) is 2.08. The molecule has 1 saturated carbocycles. The molecule has 5 nitrogen and oxygen atoms in total. The lowest BCUT2D eigenvalue weighted by molar-refractivity contribution is -0.137. The van der Waals surface area contributed by atoms with E-state index in [9.17, 15) is 18.0 Å². The van der Waals surface area contributed by atoms with E-state index in [1.54, 1.807) is 4.40 Å². The van der Waals surface area contributed by atoms with Crippen LogP contribution in [0.15, 0.2) is 24.5 Å². The molecular weight excluding hydrogens is 333 g/mol. The molecule has 2 N–H and O–H groups in total. The quantitative estimate of drug-likeness (QED) is 0.890. The van der Waals surface area contributed by atoms with Crippen LogP contribution in [0.25, 0.3) is 5.52 Å². The summed E-state index contributed by atoms with van der Waals surface area (Å²) in [5.41, 5.74) is -1.15. The Hall–Kier alpha value is -2.09. The summed E-state index contributed by atoms with van der Waals surface area (Å²) in [5.74, 6) is 1.34. The predicted octanol–water partition coefficient (Wildman–Crippen LogP) is 2.17. The molecule has 8 heteroatoms. The molecule has 1 saturated heterocycles. The second-order valence-corrected chi connectivity index (χ2v) is 7.42. The lowest BCUT2D eigenvalue weighted by Gasteiger charge is -2.26. The van der Waals surface area contributed by atoms with Crippen molar-refractivity contribution in [3.8, 4) is 0 Å². The summed E-state index contributed by atoms with van der Waals surface area (Å²) in [7, 11) is 0. The van der Waals surface area contributed by atoms with Crippen molar-refractivity contribution in [2.75, 3.05) is 13.1 Å². The fourth-order valence-electron chi connectivity index (χ4n) is 3.89. The molecule has 0 spiro atoms. The van der Waals surface area contributed by atoms with Gasteiger partial charge in [-0.1, -0.05) is 0 Å². The van der Waals surface area contributed by atoms with Crippen molar-refractivity contribution in [3.05, 3.63) is 35.9 Å². The molecule has 2 fully saturated rings. The minimum Gasteiger partial charge on any atom is -0.344 e. The lowest BCUT2D eigenvalue weighted by atomic mass is 10.0. The summed E-state index contributed by atoms with van der Waals surface area (Å²) in [5, 5.41) is 6.26. The van der Waals surface area contributed by atoms with Crippen LogP contribution in [0.5, 0.6) is 0 Å². The lowest BCUT2D eigenvalue weighted by Crippen LogP contribution is -2.44. The van der Waals surface area contributed by atoms with Crippen LogP contribution in [0.4, 0.5) is 13.2 Å². The Morgan fingerprint density at radius 1 is 1.32 bits per heavy atom. The number of nitrogens with zero attached hydrogens (tertiary/aromatic N) is 2. The van der Waals surface area contributed by atoms with E-state index < -0.39 is 17.3 Å².